The molecule has 8 heteroatoms. The van der Waals surface area contributed by atoms with E-state index in [4.69, 9.17) is 4.74 Å². The molecule has 1 N–H and O–H groups in total. The molecule has 134 valence electrons. The predicted octanol–water partition coefficient (Wildman–Crippen LogP) is 3.55. The largest absolute Gasteiger partial charge is 0.444 e. The molecular formula is C16H20F4N2O2. The van der Waals surface area contributed by atoms with Crippen LogP contribution >= 0.6 is 0 Å². The molecule has 0 unspecified atom stereocenters. The minimum atomic E-state index is -4.61. The van der Waals surface area contributed by atoms with Crippen molar-refractivity contribution in [3.8, 4) is 0 Å². The number of carbonyl (C=O) groups is 1. The number of hydrogen-bond donors (Lipinski definition) is 1. The van der Waals surface area contributed by atoms with Crippen LogP contribution in [0.4, 0.5) is 22.4 Å². The van der Waals surface area contributed by atoms with Crippen LogP contribution in [0.2, 0.25) is 0 Å². The summed E-state index contributed by atoms with van der Waals surface area (Å²) < 4.78 is 57.0. The molecule has 1 fully saturated rings. The van der Waals surface area contributed by atoms with Gasteiger partial charge in [-0.25, -0.2) is 9.18 Å². The summed E-state index contributed by atoms with van der Waals surface area (Å²) in [5, 5.41) is 2.94. The Hall–Kier alpha value is -1.83. The summed E-state index contributed by atoms with van der Waals surface area (Å²) in [6.07, 6.45) is -5.06. The van der Waals surface area contributed by atoms with Crippen molar-refractivity contribution in [3.63, 3.8) is 0 Å². The van der Waals surface area contributed by atoms with Gasteiger partial charge in [0.25, 0.3) is 0 Å². The quantitative estimate of drug-likeness (QED) is 0.850. The molecule has 1 aromatic rings. The molecule has 0 saturated carbocycles. The fourth-order valence-corrected chi connectivity index (χ4v) is 2.30. The van der Waals surface area contributed by atoms with Gasteiger partial charge in [-0.15, -0.1) is 0 Å². The van der Waals surface area contributed by atoms with Gasteiger partial charge in [0.1, 0.15) is 11.4 Å². The van der Waals surface area contributed by atoms with Crippen LogP contribution in [0.5, 0.6) is 0 Å². The summed E-state index contributed by atoms with van der Waals surface area (Å²) >= 11 is 0. The number of hydrogen-bond acceptors (Lipinski definition) is 3. The average Bonchev–Trinajstić information content (AvgIpc) is 2.35. The van der Waals surface area contributed by atoms with Crippen LogP contribution in [0, 0.1) is 5.82 Å². The Morgan fingerprint density at radius 1 is 1.29 bits per heavy atom. The standard InChI is InChI=1S/C16H20F4N2O2/c1-15(2,3)24-14(23)22-8-12(9-22)21-7-10-4-5-11(17)6-13(10)16(18,19)20/h4-6,12,21H,7-9H2,1-3H3. The minimum Gasteiger partial charge on any atom is -0.444 e. The number of rotatable bonds is 3. The molecule has 1 heterocycles. The van der Waals surface area contributed by atoms with Gasteiger partial charge in [0.15, 0.2) is 0 Å². The van der Waals surface area contributed by atoms with Gasteiger partial charge in [-0.3, -0.25) is 0 Å². The Balaban J connectivity index is 1.88. The molecular weight excluding hydrogens is 328 g/mol. The summed E-state index contributed by atoms with van der Waals surface area (Å²) in [7, 11) is 0. The van der Waals surface area contributed by atoms with E-state index in [1.54, 1.807) is 20.8 Å². The van der Waals surface area contributed by atoms with Crippen LogP contribution in [-0.4, -0.2) is 35.7 Å². The van der Waals surface area contributed by atoms with Gasteiger partial charge in [0, 0.05) is 25.7 Å². The third-order valence-electron chi connectivity index (χ3n) is 3.49. The minimum absolute atomic E-state index is 0.0281. The van der Waals surface area contributed by atoms with Crippen molar-refractivity contribution in [2.75, 3.05) is 13.1 Å². The fraction of sp³-hybridized carbons (Fsp3) is 0.562. The lowest BCUT2D eigenvalue weighted by atomic mass is 10.0. The van der Waals surface area contributed by atoms with E-state index >= 15 is 0 Å². The van der Waals surface area contributed by atoms with E-state index in [0.29, 0.717) is 19.2 Å². The van der Waals surface area contributed by atoms with Crippen molar-refractivity contribution in [3.05, 3.63) is 35.1 Å². The maximum Gasteiger partial charge on any atom is 0.416 e. The average molecular weight is 348 g/mol. The molecule has 2 rings (SSSR count). The number of benzene rings is 1. The first-order valence-electron chi connectivity index (χ1n) is 7.52. The van der Waals surface area contributed by atoms with Gasteiger partial charge in [-0.05, 0) is 38.5 Å². The first-order valence-corrected chi connectivity index (χ1v) is 7.52. The summed E-state index contributed by atoms with van der Waals surface area (Å²) in [6, 6.07) is 2.49. The van der Waals surface area contributed by atoms with Gasteiger partial charge in [0.2, 0.25) is 0 Å². The molecule has 0 aliphatic carbocycles. The van der Waals surface area contributed by atoms with Crippen molar-refractivity contribution in [2.24, 2.45) is 0 Å². The van der Waals surface area contributed by atoms with Crippen LogP contribution in [0.3, 0.4) is 0 Å². The third-order valence-corrected chi connectivity index (χ3v) is 3.49. The number of carbonyl (C=O) groups excluding carboxylic acids is 1. The second kappa shape index (κ2) is 6.58. The number of ether oxygens (including phenoxy) is 1. The first-order chi connectivity index (χ1) is 11.0. The highest BCUT2D eigenvalue weighted by Gasteiger charge is 2.36. The Kier molecular flexibility index (Phi) is 5.08. The molecule has 0 atom stereocenters. The second-order valence-electron chi connectivity index (χ2n) is 6.76. The van der Waals surface area contributed by atoms with Gasteiger partial charge < -0.3 is 15.0 Å². The Bertz CT molecular complexity index is 605. The van der Waals surface area contributed by atoms with E-state index in [1.165, 1.54) is 4.90 Å². The molecule has 1 amide bonds. The SMILES string of the molecule is CC(C)(C)OC(=O)N1CC(NCc2ccc(F)cc2C(F)(F)F)C1. The molecule has 0 aromatic heterocycles. The molecule has 1 aliphatic rings. The van der Waals surface area contributed by atoms with Crippen molar-refractivity contribution >= 4 is 6.09 Å². The predicted molar refractivity (Wildman–Crippen MR) is 79.8 cm³/mol. The highest BCUT2D eigenvalue weighted by Crippen LogP contribution is 2.32. The third kappa shape index (κ3) is 4.83. The Morgan fingerprint density at radius 2 is 1.92 bits per heavy atom. The normalized spacial score (nSPS) is 16.0. The van der Waals surface area contributed by atoms with Gasteiger partial charge in [-0.2, -0.15) is 13.2 Å². The molecule has 0 radical (unpaired) electrons. The molecule has 0 spiro atoms. The summed E-state index contributed by atoms with van der Waals surface area (Å²) in [6.45, 7) is 5.94. The lowest BCUT2D eigenvalue weighted by molar-refractivity contribution is -0.138. The smallest absolute Gasteiger partial charge is 0.416 e. The molecule has 1 aliphatic heterocycles. The Morgan fingerprint density at radius 3 is 2.46 bits per heavy atom. The van der Waals surface area contributed by atoms with E-state index < -0.39 is 29.3 Å². The van der Waals surface area contributed by atoms with Crippen LogP contribution in [-0.2, 0) is 17.5 Å². The zero-order valence-corrected chi connectivity index (χ0v) is 13.7. The molecule has 1 aromatic carbocycles. The number of halogens is 4. The van der Waals surface area contributed by atoms with E-state index in [0.717, 1.165) is 12.1 Å². The van der Waals surface area contributed by atoms with Crippen molar-refractivity contribution in [1.29, 1.82) is 0 Å². The van der Waals surface area contributed by atoms with Gasteiger partial charge in [0.05, 0.1) is 5.56 Å². The van der Waals surface area contributed by atoms with E-state index in [2.05, 4.69) is 5.32 Å². The number of nitrogens with one attached hydrogen (secondary N) is 1. The number of likely N-dealkylation sites (tertiary alicyclic amines) is 1. The first kappa shape index (κ1) is 18.5. The van der Waals surface area contributed by atoms with Crippen LogP contribution in [0.1, 0.15) is 31.9 Å². The van der Waals surface area contributed by atoms with Crippen molar-refractivity contribution < 1.29 is 27.1 Å². The van der Waals surface area contributed by atoms with E-state index in [9.17, 15) is 22.4 Å². The lowest BCUT2D eigenvalue weighted by Crippen LogP contribution is -2.60. The highest BCUT2D eigenvalue weighted by atomic mass is 19.4. The van der Waals surface area contributed by atoms with Gasteiger partial charge >= 0.3 is 12.3 Å². The van der Waals surface area contributed by atoms with Crippen LogP contribution < -0.4 is 5.32 Å². The summed E-state index contributed by atoms with van der Waals surface area (Å²) in [5.74, 6) is -0.925. The fourth-order valence-electron chi connectivity index (χ4n) is 2.30. The maximum atomic E-state index is 13.1. The Labute approximate surface area is 137 Å². The summed E-state index contributed by atoms with van der Waals surface area (Å²) in [5.41, 5.74) is -1.61. The van der Waals surface area contributed by atoms with Crippen molar-refractivity contribution in [2.45, 2.75) is 45.1 Å². The summed E-state index contributed by atoms with van der Waals surface area (Å²) in [4.78, 5) is 13.2. The van der Waals surface area contributed by atoms with E-state index in [-0.39, 0.29) is 18.2 Å². The van der Waals surface area contributed by atoms with Gasteiger partial charge in [-0.1, -0.05) is 6.07 Å². The number of nitrogens with zero attached hydrogens (tertiary/aromatic N) is 1. The zero-order valence-electron chi connectivity index (χ0n) is 13.7. The second-order valence-corrected chi connectivity index (χ2v) is 6.76. The lowest BCUT2D eigenvalue weighted by Gasteiger charge is -2.40. The molecule has 1 saturated heterocycles. The number of alkyl halides is 3. The zero-order chi connectivity index (χ0) is 18.1. The maximum absolute atomic E-state index is 13.1. The highest BCUT2D eigenvalue weighted by molar-refractivity contribution is 5.69. The monoisotopic (exact) mass is 348 g/mol. The molecule has 4 nitrogen and oxygen atoms in total. The van der Waals surface area contributed by atoms with Crippen LogP contribution in [0.15, 0.2) is 18.2 Å². The van der Waals surface area contributed by atoms with Crippen LogP contribution in [0.25, 0.3) is 0 Å². The number of amides is 1. The molecule has 0 bridgehead atoms. The topological polar surface area (TPSA) is 41.6 Å². The molecule has 24 heavy (non-hydrogen) atoms. The van der Waals surface area contributed by atoms with E-state index in [1.807, 2.05) is 0 Å². The van der Waals surface area contributed by atoms with Crippen molar-refractivity contribution in [1.82, 2.24) is 10.2 Å².